The number of para-hydroxylation sites is 2. The molecule has 0 aliphatic heterocycles. The van der Waals surface area contributed by atoms with Crippen molar-refractivity contribution < 1.29 is 0 Å². The Kier molecular flexibility index (Phi) is 7.39. The first-order chi connectivity index (χ1) is 32.1. The van der Waals surface area contributed by atoms with E-state index in [1.807, 2.05) is 0 Å². The Morgan fingerprint density at radius 1 is 0.313 bits per heavy atom. The van der Waals surface area contributed by atoms with Gasteiger partial charge in [0.2, 0.25) is 0 Å². The van der Waals surface area contributed by atoms with Crippen LogP contribution in [0.25, 0.3) is 126 Å². The van der Waals surface area contributed by atoms with Crippen LogP contribution in [0.3, 0.4) is 0 Å². The second-order valence-electron chi connectivity index (χ2n) is 22.6. The Balaban J connectivity index is 1.18. The minimum atomic E-state index is -0.0663. The first-order valence-electron chi connectivity index (χ1n) is 24.1. The largest absolute Gasteiger partial charge is 0.309 e. The molecule has 3 heteroatoms. The second kappa shape index (κ2) is 12.7. The van der Waals surface area contributed by atoms with Crippen molar-refractivity contribution in [1.29, 1.82) is 0 Å². The summed E-state index contributed by atoms with van der Waals surface area (Å²) < 4.78 is 7.67. The summed E-state index contributed by atoms with van der Waals surface area (Å²) in [5, 5.41) is 15.8. The molecule has 0 atom stereocenters. The van der Waals surface area contributed by atoms with Crippen LogP contribution in [0.1, 0.15) is 79.0 Å². The predicted octanol–water partition coefficient (Wildman–Crippen LogP) is 17.8. The van der Waals surface area contributed by atoms with Crippen molar-refractivity contribution in [3.05, 3.63) is 174 Å². The van der Waals surface area contributed by atoms with Gasteiger partial charge in [-0.1, -0.05) is 135 Å². The normalized spacial score (nSPS) is 13.4. The van der Waals surface area contributed by atoms with Crippen molar-refractivity contribution in [1.82, 2.24) is 13.4 Å². The van der Waals surface area contributed by atoms with Crippen LogP contribution in [0.15, 0.2) is 158 Å². The highest BCUT2D eigenvalue weighted by atomic mass is 15.0. The molecule has 9 aromatic carbocycles. The molecule has 0 fully saturated rings. The van der Waals surface area contributed by atoms with Gasteiger partial charge in [-0.05, 0) is 134 Å². The lowest BCUT2D eigenvalue weighted by Gasteiger charge is -2.20. The summed E-state index contributed by atoms with van der Waals surface area (Å²) in [5.41, 5.74) is 17.9. The Morgan fingerprint density at radius 2 is 0.806 bits per heavy atom. The third-order valence-electron chi connectivity index (χ3n) is 15.5. The SMILES string of the molecule is CC(C)(C)c1ccc2c(c1)c1cc(C(C)(C)C)cc3c4c5c6cc(C(C)(C)C)cc7c8cc9ccccc9c(-c9ccc%10c(c9)c9ccccc9n%10-c9ccccc9)c8n(c5ccc4n2c13)c76. The van der Waals surface area contributed by atoms with Crippen LogP contribution >= 0.6 is 0 Å². The van der Waals surface area contributed by atoms with Gasteiger partial charge in [0, 0.05) is 65.1 Å². The molecule has 0 aliphatic carbocycles. The van der Waals surface area contributed by atoms with Crippen molar-refractivity contribution in [2.75, 3.05) is 0 Å². The molecule has 0 saturated carbocycles. The van der Waals surface area contributed by atoms with Crippen molar-refractivity contribution in [2.24, 2.45) is 0 Å². The summed E-state index contributed by atoms with van der Waals surface area (Å²) in [6, 6.07) is 60.6. The monoisotopic (exact) mass is 863 g/mol. The fourth-order valence-corrected chi connectivity index (χ4v) is 12.1. The molecule has 3 nitrogen and oxygen atoms in total. The molecular formula is C64H53N3. The lowest BCUT2D eigenvalue weighted by molar-refractivity contribution is 0.590. The smallest absolute Gasteiger partial charge is 0.0626 e. The molecule has 14 rings (SSSR count). The predicted molar refractivity (Wildman–Crippen MR) is 289 cm³/mol. The second-order valence-corrected chi connectivity index (χ2v) is 22.6. The van der Waals surface area contributed by atoms with E-state index < -0.39 is 0 Å². The molecule has 14 aromatic rings. The summed E-state index contributed by atoms with van der Waals surface area (Å²) >= 11 is 0. The molecule has 0 saturated heterocycles. The minimum Gasteiger partial charge on any atom is -0.309 e. The van der Waals surface area contributed by atoms with Gasteiger partial charge in [-0.3, -0.25) is 0 Å². The van der Waals surface area contributed by atoms with E-state index in [1.165, 1.54) is 142 Å². The van der Waals surface area contributed by atoms with Crippen LogP contribution in [0.2, 0.25) is 0 Å². The Hall–Kier alpha value is -7.36. The molecule has 67 heavy (non-hydrogen) atoms. The zero-order chi connectivity index (χ0) is 45.6. The van der Waals surface area contributed by atoms with E-state index in [9.17, 15) is 0 Å². The summed E-state index contributed by atoms with van der Waals surface area (Å²) in [5.74, 6) is 0. The number of hydrogen-bond donors (Lipinski definition) is 0. The van der Waals surface area contributed by atoms with Crippen LogP contribution < -0.4 is 0 Å². The van der Waals surface area contributed by atoms with Gasteiger partial charge >= 0.3 is 0 Å². The molecule has 0 unspecified atom stereocenters. The van der Waals surface area contributed by atoms with E-state index in [-0.39, 0.29) is 16.2 Å². The molecule has 5 aromatic heterocycles. The van der Waals surface area contributed by atoms with E-state index in [0.717, 1.165) is 0 Å². The lowest BCUT2D eigenvalue weighted by Crippen LogP contribution is -2.11. The van der Waals surface area contributed by atoms with Crippen molar-refractivity contribution in [3.63, 3.8) is 0 Å². The van der Waals surface area contributed by atoms with Gasteiger partial charge < -0.3 is 13.4 Å². The maximum Gasteiger partial charge on any atom is 0.0626 e. The van der Waals surface area contributed by atoms with Crippen LogP contribution in [-0.4, -0.2) is 13.4 Å². The van der Waals surface area contributed by atoms with Gasteiger partial charge in [-0.2, -0.15) is 0 Å². The third kappa shape index (κ3) is 5.12. The maximum atomic E-state index is 2.66. The van der Waals surface area contributed by atoms with Gasteiger partial charge in [0.1, 0.15) is 0 Å². The molecule has 0 spiro atoms. The quantitative estimate of drug-likeness (QED) is 0.164. The highest BCUT2D eigenvalue weighted by molar-refractivity contribution is 6.37. The van der Waals surface area contributed by atoms with Crippen molar-refractivity contribution >= 4 is 109 Å². The molecule has 0 N–H and O–H groups in total. The van der Waals surface area contributed by atoms with E-state index >= 15 is 0 Å². The molecule has 324 valence electrons. The van der Waals surface area contributed by atoms with Crippen LogP contribution in [0.5, 0.6) is 0 Å². The molecule has 5 heterocycles. The average Bonchev–Trinajstić information content (AvgIpc) is 4.09. The summed E-state index contributed by atoms with van der Waals surface area (Å²) in [6.45, 7) is 21.2. The van der Waals surface area contributed by atoms with Gasteiger partial charge in [-0.15, -0.1) is 0 Å². The number of fused-ring (bicyclic) bond motifs is 17. The summed E-state index contributed by atoms with van der Waals surface area (Å²) in [6.07, 6.45) is 0. The topological polar surface area (TPSA) is 13.8 Å². The zero-order valence-corrected chi connectivity index (χ0v) is 39.9. The van der Waals surface area contributed by atoms with E-state index in [1.54, 1.807) is 0 Å². The maximum absolute atomic E-state index is 2.66. The zero-order valence-electron chi connectivity index (χ0n) is 39.9. The molecular weight excluding hydrogens is 811 g/mol. The first kappa shape index (κ1) is 38.9. The Morgan fingerprint density at radius 3 is 1.49 bits per heavy atom. The fraction of sp³-hybridized carbons (Fsp3) is 0.188. The average molecular weight is 864 g/mol. The summed E-state index contributed by atoms with van der Waals surface area (Å²) in [4.78, 5) is 0. The lowest BCUT2D eigenvalue weighted by atomic mass is 9.84. The van der Waals surface area contributed by atoms with Gasteiger partial charge in [-0.25, -0.2) is 0 Å². The number of aromatic nitrogens is 3. The van der Waals surface area contributed by atoms with E-state index in [0.29, 0.717) is 0 Å². The van der Waals surface area contributed by atoms with Crippen LogP contribution in [0, 0.1) is 0 Å². The highest BCUT2D eigenvalue weighted by Crippen LogP contribution is 2.51. The molecule has 0 amide bonds. The standard InChI is InChI=1S/C64H53N3/c1-62(2,3)38-24-26-53-45(31-38)47-32-39(63(4,5)6)34-49-57-54(66(53)59(47)49)27-28-55-58(57)50-35-40(64(7,8)9)33-48-46-29-36-17-13-14-20-42(36)56(61(46)67(55)60(48)50)37-23-25-52-44(30-37)43-21-15-16-22-51(43)65(52)41-18-11-10-12-19-41/h10-35H,1-9H3. The third-order valence-corrected chi connectivity index (χ3v) is 15.5. The molecule has 0 aliphatic rings. The fourth-order valence-electron chi connectivity index (χ4n) is 12.1. The van der Waals surface area contributed by atoms with Crippen LogP contribution in [0.4, 0.5) is 0 Å². The Labute approximate surface area is 390 Å². The molecule has 0 radical (unpaired) electrons. The number of hydrogen-bond acceptors (Lipinski definition) is 0. The number of nitrogens with zero attached hydrogens (tertiary/aromatic N) is 3. The van der Waals surface area contributed by atoms with Crippen molar-refractivity contribution in [3.8, 4) is 16.8 Å². The van der Waals surface area contributed by atoms with Gasteiger partial charge in [0.15, 0.2) is 0 Å². The first-order valence-corrected chi connectivity index (χ1v) is 24.1. The summed E-state index contributed by atoms with van der Waals surface area (Å²) in [7, 11) is 0. The number of benzene rings is 9. The minimum absolute atomic E-state index is 0.0349. The van der Waals surface area contributed by atoms with Gasteiger partial charge in [0.25, 0.3) is 0 Å². The van der Waals surface area contributed by atoms with E-state index in [4.69, 9.17) is 0 Å². The van der Waals surface area contributed by atoms with Crippen LogP contribution in [-0.2, 0) is 16.2 Å². The highest BCUT2D eigenvalue weighted by Gasteiger charge is 2.30. The van der Waals surface area contributed by atoms with Crippen molar-refractivity contribution in [2.45, 2.75) is 78.6 Å². The van der Waals surface area contributed by atoms with Gasteiger partial charge in [0.05, 0.1) is 44.1 Å². The Bertz CT molecular complexity index is 4410. The van der Waals surface area contributed by atoms with E-state index in [2.05, 4.69) is 233 Å². The molecule has 0 bridgehead atoms. The number of rotatable bonds is 2.